The smallest absolute Gasteiger partial charge is 0.316 e. The van der Waals surface area contributed by atoms with Gasteiger partial charge in [-0.15, -0.1) is 0 Å². The van der Waals surface area contributed by atoms with Gasteiger partial charge in [0.25, 0.3) is 0 Å². The Bertz CT molecular complexity index is 1470. The minimum absolute atomic E-state index is 0.0805. The number of esters is 1. The van der Waals surface area contributed by atoms with Gasteiger partial charge < -0.3 is 9.64 Å². The lowest BCUT2D eigenvalue weighted by atomic mass is 9.76. The van der Waals surface area contributed by atoms with Gasteiger partial charge in [0.1, 0.15) is 5.75 Å². The molecular weight excluding hydrogens is 480 g/mol. The van der Waals surface area contributed by atoms with Crippen molar-refractivity contribution in [2.45, 2.75) is 39.5 Å². The van der Waals surface area contributed by atoms with Crippen molar-refractivity contribution in [2.24, 2.45) is 23.7 Å². The van der Waals surface area contributed by atoms with E-state index in [1.54, 1.807) is 30.0 Å². The van der Waals surface area contributed by atoms with Crippen molar-refractivity contribution >= 4 is 45.8 Å². The molecule has 3 aromatic rings. The molecule has 7 heteroatoms. The molecule has 0 spiro atoms. The van der Waals surface area contributed by atoms with Crippen LogP contribution in [0.5, 0.6) is 5.75 Å². The van der Waals surface area contributed by atoms with E-state index in [1.807, 2.05) is 42.5 Å². The Balaban J connectivity index is 1.17. The number of hydrogen-bond acceptors (Lipinski definition) is 5. The fourth-order valence-corrected chi connectivity index (χ4v) is 6.31. The highest BCUT2D eigenvalue weighted by atomic mass is 16.5. The van der Waals surface area contributed by atoms with Crippen molar-refractivity contribution in [3.05, 3.63) is 66.2 Å². The van der Waals surface area contributed by atoms with E-state index in [9.17, 15) is 19.2 Å². The maximum absolute atomic E-state index is 13.1. The Morgan fingerprint density at radius 2 is 1.66 bits per heavy atom. The fourth-order valence-electron chi connectivity index (χ4n) is 6.31. The molecule has 2 saturated heterocycles. The molecule has 38 heavy (non-hydrogen) atoms. The van der Waals surface area contributed by atoms with E-state index in [-0.39, 0.29) is 42.5 Å². The van der Waals surface area contributed by atoms with Crippen LogP contribution in [0.4, 0.5) is 11.4 Å². The van der Waals surface area contributed by atoms with Crippen LogP contribution in [0.1, 0.15) is 38.2 Å². The molecule has 3 aromatic carbocycles. The standard InChI is InChI=1S/C31H30N2O5/c1-18-10-12-24-25(14-18)30(36)33(29(24)35)26-13-11-22(15-19(26)2)38-31(37)21-16-28(34)32(17-21)27-9-5-7-20-6-3-4-8-23(20)27/h3-9,11,13,15,18,21,24-25H,10,12,14,16-17H2,1-2H3/t18-,21+,24+,25-/m0/s1. The summed E-state index contributed by atoms with van der Waals surface area (Å²) in [6.45, 7) is 4.18. The molecular formula is C31H30N2O5. The molecule has 0 bridgehead atoms. The van der Waals surface area contributed by atoms with Crippen LogP contribution in [-0.2, 0) is 19.2 Å². The summed E-state index contributed by atoms with van der Waals surface area (Å²) in [4.78, 5) is 55.1. The topological polar surface area (TPSA) is 84.0 Å². The summed E-state index contributed by atoms with van der Waals surface area (Å²) in [6.07, 6.45) is 2.54. The van der Waals surface area contributed by atoms with Crippen LogP contribution in [0.15, 0.2) is 60.7 Å². The van der Waals surface area contributed by atoms with Crippen molar-refractivity contribution in [3.8, 4) is 5.75 Å². The Morgan fingerprint density at radius 1 is 0.895 bits per heavy atom. The van der Waals surface area contributed by atoms with Crippen LogP contribution < -0.4 is 14.5 Å². The fraction of sp³-hybridized carbons (Fsp3) is 0.355. The second kappa shape index (κ2) is 9.39. The second-order valence-electron chi connectivity index (χ2n) is 10.9. The van der Waals surface area contributed by atoms with Gasteiger partial charge in [0, 0.05) is 18.4 Å². The zero-order chi connectivity index (χ0) is 26.6. The molecule has 0 unspecified atom stereocenters. The van der Waals surface area contributed by atoms with Gasteiger partial charge in [-0.05, 0) is 67.3 Å². The lowest BCUT2D eigenvalue weighted by Gasteiger charge is -2.25. The van der Waals surface area contributed by atoms with Gasteiger partial charge >= 0.3 is 5.97 Å². The monoisotopic (exact) mass is 510 g/mol. The summed E-state index contributed by atoms with van der Waals surface area (Å²) >= 11 is 0. The normalized spacial score (nSPS) is 25.3. The van der Waals surface area contributed by atoms with E-state index < -0.39 is 11.9 Å². The molecule has 3 amide bonds. The Morgan fingerprint density at radius 3 is 2.47 bits per heavy atom. The van der Waals surface area contributed by atoms with Gasteiger partial charge in [-0.3, -0.25) is 19.2 Å². The molecule has 6 rings (SSSR count). The van der Waals surface area contributed by atoms with Gasteiger partial charge in [-0.2, -0.15) is 0 Å². The highest BCUT2D eigenvalue weighted by Gasteiger charge is 2.50. The first-order chi connectivity index (χ1) is 18.3. The van der Waals surface area contributed by atoms with E-state index >= 15 is 0 Å². The predicted octanol–water partition coefficient (Wildman–Crippen LogP) is 5.03. The predicted molar refractivity (Wildman–Crippen MR) is 144 cm³/mol. The van der Waals surface area contributed by atoms with Crippen LogP contribution in [0, 0.1) is 30.6 Å². The minimum atomic E-state index is -0.590. The molecule has 0 radical (unpaired) electrons. The van der Waals surface area contributed by atoms with Crippen molar-refractivity contribution in [2.75, 3.05) is 16.3 Å². The average molecular weight is 511 g/mol. The third kappa shape index (κ3) is 4.06. The Kier molecular flexibility index (Phi) is 6.01. The zero-order valence-electron chi connectivity index (χ0n) is 21.6. The lowest BCUT2D eigenvalue weighted by Crippen LogP contribution is -2.31. The van der Waals surface area contributed by atoms with E-state index in [0.29, 0.717) is 22.9 Å². The largest absolute Gasteiger partial charge is 0.426 e. The Hall–Kier alpha value is -4.00. The maximum Gasteiger partial charge on any atom is 0.316 e. The number of aryl methyl sites for hydroxylation is 1. The zero-order valence-corrected chi connectivity index (χ0v) is 21.6. The molecule has 1 aliphatic carbocycles. The van der Waals surface area contributed by atoms with E-state index in [4.69, 9.17) is 4.74 Å². The molecule has 0 aromatic heterocycles. The first-order valence-electron chi connectivity index (χ1n) is 13.3. The third-order valence-electron chi connectivity index (χ3n) is 8.33. The number of anilines is 2. The molecule has 2 aliphatic heterocycles. The van der Waals surface area contributed by atoms with Crippen LogP contribution in [0.25, 0.3) is 10.8 Å². The highest BCUT2D eigenvalue weighted by molar-refractivity contribution is 6.22. The summed E-state index contributed by atoms with van der Waals surface area (Å²) in [5.74, 6) is -1.14. The van der Waals surface area contributed by atoms with Gasteiger partial charge in [0.15, 0.2) is 0 Å². The van der Waals surface area contributed by atoms with Crippen LogP contribution >= 0.6 is 0 Å². The number of carbonyl (C=O) groups is 4. The summed E-state index contributed by atoms with van der Waals surface area (Å²) in [5, 5.41) is 1.99. The molecule has 3 fully saturated rings. The lowest BCUT2D eigenvalue weighted by molar-refractivity contribution is -0.139. The number of hydrogen-bond donors (Lipinski definition) is 0. The number of rotatable bonds is 4. The molecule has 194 valence electrons. The molecule has 7 nitrogen and oxygen atoms in total. The molecule has 2 heterocycles. The van der Waals surface area contributed by atoms with Crippen LogP contribution in [-0.4, -0.2) is 30.2 Å². The number of benzene rings is 3. The number of imide groups is 1. The van der Waals surface area contributed by atoms with Crippen molar-refractivity contribution in [1.29, 1.82) is 0 Å². The maximum atomic E-state index is 13.1. The summed E-state index contributed by atoms with van der Waals surface area (Å²) in [6, 6.07) is 18.6. The van der Waals surface area contributed by atoms with Gasteiger partial charge in [0.2, 0.25) is 17.7 Å². The van der Waals surface area contributed by atoms with Crippen LogP contribution in [0.3, 0.4) is 0 Å². The van der Waals surface area contributed by atoms with Gasteiger partial charge in [-0.1, -0.05) is 43.3 Å². The average Bonchev–Trinajstić information content (AvgIpc) is 3.41. The summed E-state index contributed by atoms with van der Waals surface area (Å²) in [5.41, 5.74) is 2.02. The summed E-state index contributed by atoms with van der Waals surface area (Å²) < 4.78 is 5.67. The number of carbonyl (C=O) groups excluding carboxylic acids is 4. The SMILES string of the molecule is Cc1cc(OC(=O)[C@@H]2CC(=O)N(c3cccc4ccccc34)C2)ccc1N1C(=O)[C@H]2C[C@@H](C)CC[C@H]2C1=O. The van der Waals surface area contributed by atoms with Crippen molar-refractivity contribution < 1.29 is 23.9 Å². The molecule has 1 saturated carbocycles. The first kappa shape index (κ1) is 24.3. The molecule has 0 N–H and O–H groups in total. The number of nitrogens with zero attached hydrogens (tertiary/aromatic N) is 2. The number of fused-ring (bicyclic) bond motifs is 2. The third-order valence-corrected chi connectivity index (χ3v) is 8.33. The van der Waals surface area contributed by atoms with E-state index in [2.05, 4.69) is 6.92 Å². The quantitative estimate of drug-likeness (QED) is 0.279. The second-order valence-corrected chi connectivity index (χ2v) is 10.9. The number of ether oxygens (including phenoxy) is 1. The molecule has 3 aliphatic rings. The van der Waals surface area contributed by atoms with E-state index in [1.165, 1.54) is 4.90 Å². The number of amides is 3. The summed E-state index contributed by atoms with van der Waals surface area (Å²) in [7, 11) is 0. The van der Waals surface area contributed by atoms with Gasteiger partial charge in [-0.25, -0.2) is 4.90 Å². The van der Waals surface area contributed by atoms with Gasteiger partial charge in [0.05, 0.1) is 29.1 Å². The Labute approximate surface area is 221 Å². The van der Waals surface area contributed by atoms with Crippen LogP contribution in [0.2, 0.25) is 0 Å². The minimum Gasteiger partial charge on any atom is -0.426 e. The van der Waals surface area contributed by atoms with E-state index in [0.717, 1.165) is 35.7 Å². The van der Waals surface area contributed by atoms with Crippen molar-refractivity contribution in [1.82, 2.24) is 0 Å². The van der Waals surface area contributed by atoms with Crippen molar-refractivity contribution in [3.63, 3.8) is 0 Å². The molecule has 4 atom stereocenters. The highest BCUT2D eigenvalue weighted by Crippen LogP contribution is 2.43. The first-order valence-corrected chi connectivity index (χ1v) is 13.3.